The summed E-state index contributed by atoms with van der Waals surface area (Å²) in [7, 11) is 4.02. The Morgan fingerprint density at radius 1 is 1.19 bits per heavy atom. The quantitative estimate of drug-likeness (QED) is 0.523. The molecule has 1 aliphatic heterocycles. The summed E-state index contributed by atoms with van der Waals surface area (Å²) in [5, 5.41) is 10.8. The van der Waals surface area contributed by atoms with E-state index in [1.807, 2.05) is 68.1 Å². The molecule has 0 fully saturated rings. The Bertz CT molecular complexity index is 1310. The maximum atomic E-state index is 12.7. The first-order chi connectivity index (χ1) is 15.0. The minimum Gasteiger partial charge on any atom is -0.348 e. The fraction of sp³-hybridized carbons (Fsp3) is 0.217. The van der Waals surface area contributed by atoms with Crippen molar-refractivity contribution in [3.63, 3.8) is 0 Å². The van der Waals surface area contributed by atoms with Gasteiger partial charge in [0.2, 0.25) is 0 Å². The van der Waals surface area contributed by atoms with Crippen LogP contribution in [-0.2, 0) is 13.1 Å². The molecule has 4 heterocycles. The number of carbonyl (C=O) groups is 1. The number of nitrogens with one attached hydrogen (secondary N) is 2. The van der Waals surface area contributed by atoms with E-state index in [0.717, 1.165) is 46.0 Å². The molecule has 0 spiro atoms. The van der Waals surface area contributed by atoms with Crippen molar-refractivity contribution in [1.29, 1.82) is 0 Å². The van der Waals surface area contributed by atoms with E-state index in [0.29, 0.717) is 17.9 Å². The lowest BCUT2D eigenvalue weighted by atomic mass is 9.99. The van der Waals surface area contributed by atoms with Crippen molar-refractivity contribution < 1.29 is 4.79 Å². The summed E-state index contributed by atoms with van der Waals surface area (Å²) in [6, 6.07) is 11.8. The van der Waals surface area contributed by atoms with Gasteiger partial charge in [0.05, 0.1) is 35.0 Å². The molecule has 1 aromatic carbocycles. The Kier molecular flexibility index (Phi) is 4.63. The highest BCUT2D eigenvalue weighted by Crippen LogP contribution is 2.35. The number of aryl methyl sites for hydroxylation is 1. The molecule has 3 aromatic heterocycles. The Balaban J connectivity index is 1.56. The van der Waals surface area contributed by atoms with Crippen LogP contribution in [0.15, 0.2) is 48.8 Å². The fourth-order valence-corrected chi connectivity index (χ4v) is 3.94. The average molecular weight is 413 g/mol. The van der Waals surface area contributed by atoms with E-state index in [9.17, 15) is 4.79 Å². The smallest absolute Gasteiger partial charge is 0.254 e. The first-order valence-corrected chi connectivity index (χ1v) is 10.1. The third kappa shape index (κ3) is 3.51. The van der Waals surface area contributed by atoms with E-state index < -0.39 is 0 Å². The number of hydrogen-bond donors (Lipinski definition) is 2. The normalized spacial score (nSPS) is 13.0. The highest BCUT2D eigenvalue weighted by atomic mass is 16.1. The van der Waals surface area contributed by atoms with Crippen LogP contribution in [0.5, 0.6) is 0 Å². The van der Waals surface area contributed by atoms with Crippen molar-refractivity contribution in [1.82, 2.24) is 29.8 Å². The predicted octanol–water partition coefficient (Wildman–Crippen LogP) is 3.15. The number of imidazole rings is 1. The van der Waals surface area contributed by atoms with Crippen LogP contribution in [0.1, 0.15) is 27.2 Å². The average Bonchev–Trinajstić information content (AvgIpc) is 3.32. The summed E-state index contributed by atoms with van der Waals surface area (Å²) in [5.41, 5.74) is 6.90. The van der Waals surface area contributed by atoms with E-state index >= 15 is 0 Å². The van der Waals surface area contributed by atoms with Gasteiger partial charge in [0, 0.05) is 18.7 Å². The third-order valence-electron chi connectivity index (χ3n) is 5.29. The second kappa shape index (κ2) is 7.48. The SMILES string of the molecule is Cc1cnn2c(-c3ccc(Nc4cccc(CN(C)C)n4)c4c3CNC4=O)cnc2c1. The first-order valence-electron chi connectivity index (χ1n) is 10.1. The molecule has 0 bridgehead atoms. The zero-order valence-electron chi connectivity index (χ0n) is 17.7. The fourth-order valence-electron chi connectivity index (χ4n) is 3.94. The number of pyridine rings is 1. The van der Waals surface area contributed by atoms with Gasteiger partial charge in [-0.3, -0.25) is 4.79 Å². The number of rotatable bonds is 5. The first kappa shape index (κ1) is 19.2. The van der Waals surface area contributed by atoms with E-state index in [1.54, 1.807) is 6.20 Å². The molecule has 0 unspecified atom stereocenters. The van der Waals surface area contributed by atoms with Gasteiger partial charge in [-0.2, -0.15) is 5.10 Å². The Hall–Kier alpha value is -3.78. The second-order valence-electron chi connectivity index (χ2n) is 8.02. The van der Waals surface area contributed by atoms with Crippen LogP contribution in [0, 0.1) is 6.92 Å². The zero-order chi connectivity index (χ0) is 21.5. The Morgan fingerprint density at radius 2 is 2.06 bits per heavy atom. The van der Waals surface area contributed by atoms with Gasteiger partial charge < -0.3 is 15.5 Å². The van der Waals surface area contributed by atoms with Gasteiger partial charge in [-0.15, -0.1) is 0 Å². The summed E-state index contributed by atoms with van der Waals surface area (Å²) in [5.74, 6) is 0.613. The predicted molar refractivity (Wildman–Crippen MR) is 119 cm³/mol. The van der Waals surface area contributed by atoms with Gasteiger partial charge in [-0.1, -0.05) is 12.1 Å². The van der Waals surface area contributed by atoms with Crippen molar-refractivity contribution in [3.8, 4) is 11.3 Å². The molecule has 5 rings (SSSR count). The molecule has 4 aromatic rings. The highest BCUT2D eigenvalue weighted by Gasteiger charge is 2.27. The zero-order valence-corrected chi connectivity index (χ0v) is 17.7. The number of aromatic nitrogens is 4. The maximum absolute atomic E-state index is 12.7. The van der Waals surface area contributed by atoms with Gasteiger partial charge >= 0.3 is 0 Å². The number of benzene rings is 1. The molecule has 0 saturated carbocycles. The molecular weight excluding hydrogens is 390 g/mol. The summed E-state index contributed by atoms with van der Waals surface area (Å²) in [4.78, 5) is 23.9. The van der Waals surface area contributed by atoms with Gasteiger partial charge in [-0.05, 0) is 56.4 Å². The number of anilines is 2. The van der Waals surface area contributed by atoms with Crippen LogP contribution in [0.25, 0.3) is 16.9 Å². The van der Waals surface area contributed by atoms with Crippen LogP contribution in [0.2, 0.25) is 0 Å². The van der Waals surface area contributed by atoms with Crippen molar-refractivity contribution in [2.45, 2.75) is 20.0 Å². The van der Waals surface area contributed by atoms with E-state index in [4.69, 9.17) is 0 Å². The largest absolute Gasteiger partial charge is 0.348 e. The summed E-state index contributed by atoms with van der Waals surface area (Å²) in [6.45, 7) is 3.20. The minimum atomic E-state index is -0.0959. The van der Waals surface area contributed by atoms with Gasteiger partial charge in [0.25, 0.3) is 5.91 Å². The third-order valence-corrected chi connectivity index (χ3v) is 5.29. The lowest BCUT2D eigenvalue weighted by Crippen LogP contribution is -2.14. The van der Waals surface area contributed by atoms with Crippen LogP contribution >= 0.6 is 0 Å². The lowest BCUT2D eigenvalue weighted by Gasteiger charge is -2.14. The Labute approximate surface area is 179 Å². The molecule has 1 amide bonds. The molecule has 1 aliphatic rings. The standard InChI is InChI=1S/C23H23N7O/c1-14-9-21-24-12-19(30(21)26-10-14)16-7-8-18(22-17(16)11-25-23(22)31)28-20-6-4-5-15(27-20)13-29(2)3/h4-10,12H,11,13H2,1-3H3,(H,25,31)(H,27,28). The van der Waals surface area contributed by atoms with Crippen molar-refractivity contribution in [2.75, 3.05) is 19.4 Å². The molecule has 0 saturated heterocycles. The van der Waals surface area contributed by atoms with Crippen molar-refractivity contribution in [2.24, 2.45) is 0 Å². The van der Waals surface area contributed by atoms with Crippen LogP contribution in [-0.4, -0.2) is 44.5 Å². The van der Waals surface area contributed by atoms with Gasteiger partial charge in [-0.25, -0.2) is 14.5 Å². The van der Waals surface area contributed by atoms with Crippen LogP contribution in [0.4, 0.5) is 11.5 Å². The molecule has 2 N–H and O–H groups in total. The van der Waals surface area contributed by atoms with Crippen LogP contribution in [0.3, 0.4) is 0 Å². The van der Waals surface area contributed by atoms with E-state index in [2.05, 4.69) is 30.6 Å². The molecule has 156 valence electrons. The summed E-state index contributed by atoms with van der Waals surface area (Å²) < 4.78 is 1.81. The van der Waals surface area contributed by atoms with E-state index in [1.165, 1.54) is 0 Å². The van der Waals surface area contributed by atoms with Gasteiger partial charge in [0.15, 0.2) is 5.65 Å². The molecular formula is C23H23N7O. The lowest BCUT2D eigenvalue weighted by molar-refractivity contribution is 0.0966. The molecule has 31 heavy (non-hydrogen) atoms. The highest BCUT2D eigenvalue weighted by molar-refractivity contribution is 6.06. The number of carbonyl (C=O) groups excluding carboxylic acids is 1. The summed E-state index contributed by atoms with van der Waals surface area (Å²) in [6.07, 6.45) is 3.61. The monoisotopic (exact) mass is 413 g/mol. The molecule has 0 radical (unpaired) electrons. The molecule has 8 nitrogen and oxygen atoms in total. The second-order valence-corrected chi connectivity index (χ2v) is 8.02. The number of nitrogens with zero attached hydrogens (tertiary/aromatic N) is 5. The number of amides is 1. The summed E-state index contributed by atoms with van der Waals surface area (Å²) >= 11 is 0. The number of fused-ring (bicyclic) bond motifs is 2. The maximum Gasteiger partial charge on any atom is 0.254 e. The van der Waals surface area contributed by atoms with Gasteiger partial charge in [0.1, 0.15) is 5.82 Å². The van der Waals surface area contributed by atoms with Crippen LogP contribution < -0.4 is 10.6 Å². The molecule has 0 atom stereocenters. The topological polar surface area (TPSA) is 87.5 Å². The Morgan fingerprint density at radius 3 is 2.90 bits per heavy atom. The number of hydrogen-bond acceptors (Lipinski definition) is 6. The van der Waals surface area contributed by atoms with Crippen molar-refractivity contribution in [3.05, 3.63) is 71.2 Å². The minimum absolute atomic E-state index is 0.0959. The molecule has 8 heteroatoms. The van der Waals surface area contributed by atoms with Crippen molar-refractivity contribution >= 4 is 23.1 Å². The van der Waals surface area contributed by atoms with E-state index in [-0.39, 0.29) is 5.91 Å². The molecule has 0 aliphatic carbocycles.